The van der Waals surface area contributed by atoms with E-state index in [-0.39, 0.29) is 24.7 Å². The highest BCUT2D eigenvalue weighted by atomic mass is 16.6. The average molecular weight is 854 g/mol. The zero-order valence-electron chi connectivity index (χ0n) is 38.1. The molecule has 0 aliphatic rings. The largest absolute Gasteiger partial charge is 0.467 e. The summed E-state index contributed by atoms with van der Waals surface area (Å²) in [6.45, 7) is 25.2. The molecule has 0 rings (SSSR count). The third-order valence-electron chi connectivity index (χ3n) is 8.92. The molecule has 19 nitrogen and oxygen atoms in total. The van der Waals surface area contributed by atoms with Gasteiger partial charge in [-0.05, 0) is 71.1 Å². The van der Waals surface area contributed by atoms with Gasteiger partial charge in [0.15, 0.2) is 0 Å². The van der Waals surface area contributed by atoms with Gasteiger partial charge in [-0.2, -0.15) is 0 Å². The Morgan fingerprint density at radius 2 is 1.00 bits per heavy atom. The molecule has 7 amide bonds. The number of amides is 7. The van der Waals surface area contributed by atoms with Gasteiger partial charge in [0.25, 0.3) is 5.91 Å². The molecular weight excluding hydrogens is 782 g/mol. The van der Waals surface area contributed by atoms with Crippen molar-refractivity contribution in [1.82, 2.24) is 37.2 Å². The van der Waals surface area contributed by atoms with Crippen LogP contribution in [0.15, 0.2) is 12.7 Å². The number of hydrogen-bond donors (Lipinski definition) is 7. The second-order valence-electron chi connectivity index (χ2n) is 17.3. The summed E-state index contributed by atoms with van der Waals surface area (Å²) >= 11 is 0. The molecule has 0 bridgehead atoms. The first-order chi connectivity index (χ1) is 27.6. The quantitative estimate of drug-likeness (QED) is 0.0334. The van der Waals surface area contributed by atoms with Crippen molar-refractivity contribution < 1.29 is 57.4 Å². The Labute approximate surface area is 354 Å². The minimum Gasteiger partial charge on any atom is -0.467 e. The minimum absolute atomic E-state index is 0.0188. The maximum absolute atomic E-state index is 14.2. The van der Waals surface area contributed by atoms with E-state index < -0.39 is 119 Å². The molecule has 0 aromatic carbocycles. The molecule has 0 saturated heterocycles. The molecule has 1 unspecified atom stereocenters. The van der Waals surface area contributed by atoms with E-state index in [9.17, 15) is 43.2 Å². The molecule has 7 atom stereocenters. The fraction of sp³-hybridized carbons (Fsp3) is 0.732. The Balaban J connectivity index is 6.42. The topological polar surface area (TPSA) is 266 Å². The summed E-state index contributed by atoms with van der Waals surface area (Å²) < 4.78 is 15.0. The molecule has 0 aliphatic heterocycles. The van der Waals surface area contributed by atoms with Gasteiger partial charge < -0.3 is 51.4 Å². The van der Waals surface area contributed by atoms with Gasteiger partial charge in [0.1, 0.15) is 41.9 Å². The number of esters is 2. The first kappa shape index (κ1) is 54.8. The third kappa shape index (κ3) is 17.9. The second-order valence-corrected chi connectivity index (χ2v) is 17.3. The van der Waals surface area contributed by atoms with E-state index in [0.717, 1.165) is 7.11 Å². The summed E-state index contributed by atoms with van der Waals surface area (Å²) in [5.74, 6) is -8.20. The average Bonchev–Trinajstić information content (AvgIpc) is 3.12. The standard InChI is InChI=1S/C41H71N7O12/c1-17-18-41(38(56)59-16,37(55)46-29(23(6)7)34(52)42-26(11)32(50)45-28(20-22(4)5)36(54)58-15)48-33(51)27(19-21(2)3)44-31(49)25(10)43-35(53)30(24(8)9)47-39(57)60-40(12,13)14/h17,21-30H,1,18-20H2,2-16H3,(H,42,52)(H,43,53)(H,44,49)(H,45,50)(H,46,55)(H,47,57)(H,48,51)/t25-,26-,27-,28-,29-,30-,41?/m0/s1. The van der Waals surface area contributed by atoms with Gasteiger partial charge in [-0.25, -0.2) is 14.4 Å². The molecule has 0 spiro atoms. The molecule has 0 aliphatic carbocycles. The van der Waals surface area contributed by atoms with E-state index in [2.05, 4.69) is 43.8 Å². The summed E-state index contributed by atoms with van der Waals surface area (Å²) in [4.78, 5) is 120. The Morgan fingerprint density at radius 1 is 0.567 bits per heavy atom. The molecule has 7 N–H and O–H groups in total. The summed E-state index contributed by atoms with van der Waals surface area (Å²) in [5.41, 5.74) is -3.32. The first-order valence-electron chi connectivity index (χ1n) is 20.2. The number of hydrogen-bond acceptors (Lipinski definition) is 12. The lowest BCUT2D eigenvalue weighted by molar-refractivity contribution is -0.157. The fourth-order valence-electron chi connectivity index (χ4n) is 5.75. The van der Waals surface area contributed by atoms with Gasteiger partial charge in [0.2, 0.25) is 35.1 Å². The molecular formula is C41H71N7O12. The highest BCUT2D eigenvalue weighted by Gasteiger charge is 2.50. The lowest BCUT2D eigenvalue weighted by Crippen LogP contribution is -2.69. The maximum atomic E-state index is 14.2. The predicted molar refractivity (Wildman–Crippen MR) is 222 cm³/mol. The van der Waals surface area contributed by atoms with E-state index >= 15 is 0 Å². The molecule has 60 heavy (non-hydrogen) atoms. The lowest BCUT2D eigenvalue weighted by Gasteiger charge is -2.34. The van der Waals surface area contributed by atoms with Crippen LogP contribution in [-0.2, 0) is 52.6 Å². The highest BCUT2D eigenvalue weighted by Crippen LogP contribution is 2.19. The monoisotopic (exact) mass is 854 g/mol. The zero-order valence-corrected chi connectivity index (χ0v) is 38.1. The van der Waals surface area contributed by atoms with Crippen LogP contribution in [0.25, 0.3) is 0 Å². The van der Waals surface area contributed by atoms with E-state index in [1.807, 2.05) is 13.8 Å². The van der Waals surface area contributed by atoms with Crippen LogP contribution in [0.3, 0.4) is 0 Å². The molecule has 0 aromatic heterocycles. The van der Waals surface area contributed by atoms with Crippen molar-refractivity contribution in [3.05, 3.63) is 12.7 Å². The van der Waals surface area contributed by atoms with Crippen molar-refractivity contribution in [1.29, 1.82) is 0 Å². The minimum atomic E-state index is -2.49. The molecule has 342 valence electrons. The zero-order chi connectivity index (χ0) is 46.9. The second kappa shape index (κ2) is 24.8. The van der Waals surface area contributed by atoms with Crippen LogP contribution in [0, 0.1) is 23.7 Å². The highest BCUT2D eigenvalue weighted by molar-refractivity contribution is 6.12. The Kier molecular flexibility index (Phi) is 22.6. The van der Waals surface area contributed by atoms with Crippen LogP contribution >= 0.6 is 0 Å². The van der Waals surface area contributed by atoms with Crippen molar-refractivity contribution in [2.45, 2.75) is 157 Å². The van der Waals surface area contributed by atoms with Crippen LogP contribution in [0.5, 0.6) is 0 Å². The molecule has 0 saturated carbocycles. The van der Waals surface area contributed by atoms with Crippen LogP contribution in [0.4, 0.5) is 4.79 Å². The number of carbonyl (C=O) groups is 9. The summed E-state index contributed by atoms with van der Waals surface area (Å²) in [6.07, 6.45) is 0.144. The number of carbonyl (C=O) groups excluding carboxylic acids is 9. The molecule has 0 aromatic rings. The van der Waals surface area contributed by atoms with E-state index in [1.165, 1.54) is 27.0 Å². The number of alkyl carbamates (subject to hydrolysis) is 1. The summed E-state index contributed by atoms with van der Waals surface area (Å²) in [5, 5.41) is 17.7. The molecule has 19 heteroatoms. The predicted octanol–water partition coefficient (Wildman–Crippen LogP) is 1.52. The Bertz CT molecular complexity index is 1540. The normalized spacial score (nSPS) is 15.4. The molecule has 0 fully saturated rings. The van der Waals surface area contributed by atoms with Crippen molar-refractivity contribution >= 4 is 53.5 Å². The SMILES string of the molecule is C=CCC(NC(=O)[C@H](CC(C)C)NC(=O)[C@H](C)NC(=O)[C@@H](NC(=O)OC(C)(C)C)C(C)C)(C(=O)N[C@H](C(=O)N[C@@H](C)C(=O)N[C@@H](CC(C)C)C(=O)OC)C(C)C)C(=O)OC. The lowest BCUT2D eigenvalue weighted by atomic mass is 9.91. The Morgan fingerprint density at radius 3 is 1.38 bits per heavy atom. The van der Waals surface area contributed by atoms with Crippen molar-refractivity contribution in [3.8, 4) is 0 Å². The number of methoxy groups -OCH3 is 2. The van der Waals surface area contributed by atoms with Crippen molar-refractivity contribution in [3.63, 3.8) is 0 Å². The van der Waals surface area contributed by atoms with Gasteiger partial charge in [-0.3, -0.25) is 28.8 Å². The van der Waals surface area contributed by atoms with Gasteiger partial charge in [0, 0.05) is 6.42 Å². The summed E-state index contributed by atoms with van der Waals surface area (Å²) in [6, 6.07) is -7.16. The van der Waals surface area contributed by atoms with E-state index in [1.54, 1.807) is 62.3 Å². The Hall–Kier alpha value is -5.23. The van der Waals surface area contributed by atoms with Gasteiger partial charge in [0.05, 0.1) is 14.2 Å². The molecule has 0 heterocycles. The van der Waals surface area contributed by atoms with Crippen LogP contribution < -0.4 is 37.2 Å². The number of nitrogens with one attached hydrogen (secondary N) is 7. The van der Waals surface area contributed by atoms with E-state index in [0.29, 0.717) is 0 Å². The smallest absolute Gasteiger partial charge is 0.408 e. The van der Waals surface area contributed by atoms with Crippen LogP contribution in [0.1, 0.15) is 109 Å². The van der Waals surface area contributed by atoms with Crippen LogP contribution in [0.2, 0.25) is 0 Å². The number of rotatable bonds is 23. The van der Waals surface area contributed by atoms with Gasteiger partial charge in [-0.15, -0.1) is 6.58 Å². The van der Waals surface area contributed by atoms with Gasteiger partial charge in [-0.1, -0.05) is 61.5 Å². The van der Waals surface area contributed by atoms with E-state index in [4.69, 9.17) is 14.2 Å². The van der Waals surface area contributed by atoms with Crippen LogP contribution in [-0.4, -0.2) is 115 Å². The third-order valence-corrected chi connectivity index (χ3v) is 8.92. The number of ether oxygens (including phenoxy) is 3. The maximum Gasteiger partial charge on any atom is 0.408 e. The molecule has 0 radical (unpaired) electrons. The first-order valence-corrected chi connectivity index (χ1v) is 20.2. The fourth-order valence-corrected chi connectivity index (χ4v) is 5.75. The van der Waals surface area contributed by atoms with Gasteiger partial charge >= 0.3 is 18.0 Å². The van der Waals surface area contributed by atoms with Crippen molar-refractivity contribution in [2.24, 2.45) is 23.7 Å². The summed E-state index contributed by atoms with van der Waals surface area (Å²) in [7, 11) is 2.18. The van der Waals surface area contributed by atoms with Crippen molar-refractivity contribution in [2.75, 3.05) is 14.2 Å².